The first kappa shape index (κ1) is 13.1. The third kappa shape index (κ3) is 2.55. The second-order valence-electron chi connectivity index (χ2n) is 6.34. The van der Waals surface area contributed by atoms with Crippen molar-refractivity contribution < 1.29 is 0 Å². The Bertz CT molecular complexity index is 414. The Hall–Kier alpha value is -0.900. The molecule has 3 rings (SSSR count). The second kappa shape index (κ2) is 5.61. The second-order valence-corrected chi connectivity index (χ2v) is 6.34. The van der Waals surface area contributed by atoms with Gasteiger partial charge < -0.3 is 10.3 Å². The lowest BCUT2D eigenvalue weighted by molar-refractivity contribution is 0.291. The highest BCUT2D eigenvalue weighted by atomic mass is 15.3. The van der Waals surface area contributed by atoms with Gasteiger partial charge in [0.15, 0.2) is 5.82 Å². The fourth-order valence-electron chi connectivity index (χ4n) is 3.93. The van der Waals surface area contributed by atoms with Gasteiger partial charge in [-0.05, 0) is 38.5 Å². The molecule has 106 valence electrons. The Morgan fingerprint density at radius 1 is 1.00 bits per heavy atom. The zero-order valence-electron chi connectivity index (χ0n) is 12.0. The van der Waals surface area contributed by atoms with Crippen LogP contribution in [0.25, 0.3) is 0 Å². The summed E-state index contributed by atoms with van der Waals surface area (Å²) >= 11 is 0. The molecule has 2 saturated carbocycles. The molecule has 2 N–H and O–H groups in total. The molecule has 1 aromatic heterocycles. The summed E-state index contributed by atoms with van der Waals surface area (Å²) in [4.78, 5) is 0. The smallest absolute Gasteiger partial charge is 0.150 e. The van der Waals surface area contributed by atoms with Crippen LogP contribution in [0.15, 0.2) is 0 Å². The summed E-state index contributed by atoms with van der Waals surface area (Å²) in [5.74, 6) is 2.71. The Balaban J connectivity index is 1.83. The van der Waals surface area contributed by atoms with E-state index in [2.05, 4.69) is 21.7 Å². The lowest BCUT2D eigenvalue weighted by atomic mass is 9.84. The highest BCUT2D eigenvalue weighted by molar-refractivity contribution is 5.04. The summed E-state index contributed by atoms with van der Waals surface area (Å²) in [6, 6.07) is 0.682. The molecule has 1 aromatic rings. The third-order valence-corrected chi connectivity index (χ3v) is 5.04. The van der Waals surface area contributed by atoms with Crippen LogP contribution >= 0.6 is 0 Å². The van der Waals surface area contributed by atoms with E-state index in [1.54, 1.807) is 0 Å². The van der Waals surface area contributed by atoms with E-state index >= 15 is 0 Å². The molecule has 0 spiro atoms. The predicted molar refractivity (Wildman–Crippen MR) is 75.8 cm³/mol. The first-order chi connectivity index (χ1) is 9.27. The zero-order valence-corrected chi connectivity index (χ0v) is 12.0. The fraction of sp³-hybridized carbons (Fsp3) is 0.867. The maximum Gasteiger partial charge on any atom is 0.150 e. The summed E-state index contributed by atoms with van der Waals surface area (Å²) in [5, 5.41) is 8.73. The predicted octanol–water partition coefficient (Wildman–Crippen LogP) is 3.28. The van der Waals surface area contributed by atoms with Crippen molar-refractivity contribution in [1.82, 2.24) is 14.8 Å². The molecule has 0 radical (unpaired) electrons. The van der Waals surface area contributed by atoms with Crippen LogP contribution in [0.2, 0.25) is 0 Å². The molecule has 2 fully saturated rings. The van der Waals surface area contributed by atoms with E-state index in [1.165, 1.54) is 57.8 Å². The maximum absolute atomic E-state index is 6.53. The minimum absolute atomic E-state index is 0.0853. The molecule has 2 aliphatic rings. The van der Waals surface area contributed by atoms with Crippen molar-refractivity contribution in [3.05, 3.63) is 11.6 Å². The number of hydrogen-bond acceptors (Lipinski definition) is 3. The van der Waals surface area contributed by atoms with Gasteiger partial charge in [-0.25, -0.2) is 0 Å². The number of aromatic nitrogens is 3. The third-order valence-electron chi connectivity index (χ3n) is 5.04. The minimum atomic E-state index is 0.0853. The Kier molecular flexibility index (Phi) is 3.87. The van der Waals surface area contributed by atoms with Gasteiger partial charge in [-0.1, -0.05) is 32.1 Å². The minimum Gasteiger partial charge on any atom is -0.321 e. The van der Waals surface area contributed by atoms with Gasteiger partial charge in [0.2, 0.25) is 0 Å². The molecular weight excluding hydrogens is 236 g/mol. The van der Waals surface area contributed by atoms with Crippen LogP contribution in [0.3, 0.4) is 0 Å². The van der Waals surface area contributed by atoms with Crippen molar-refractivity contribution in [2.75, 3.05) is 0 Å². The van der Waals surface area contributed by atoms with Gasteiger partial charge in [0.05, 0.1) is 6.04 Å². The van der Waals surface area contributed by atoms with Crippen molar-refractivity contribution in [2.45, 2.75) is 76.8 Å². The number of nitrogens with zero attached hydrogens (tertiary/aromatic N) is 3. The van der Waals surface area contributed by atoms with Gasteiger partial charge in [0, 0.05) is 6.04 Å². The highest BCUT2D eigenvalue weighted by Gasteiger charge is 2.29. The molecule has 2 aliphatic carbocycles. The molecule has 4 nitrogen and oxygen atoms in total. The fourth-order valence-corrected chi connectivity index (χ4v) is 3.93. The SMILES string of the molecule is Cc1nnc(C(N)C2CCCCC2)n1C1CCCC1. The molecule has 0 bridgehead atoms. The Morgan fingerprint density at radius 2 is 1.63 bits per heavy atom. The van der Waals surface area contributed by atoms with E-state index in [4.69, 9.17) is 5.73 Å². The summed E-state index contributed by atoms with van der Waals surface area (Å²) in [5.41, 5.74) is 6.53. The van der Waals surface area contributed by atoms with Crippen LogP contribution < -0.4 is 5.73 Å². The lowest BCUT2D eigenvalue weighted by Gasteiger charge is -2.28. The lowest BCUT2D eigenvalue weighted by Crippen LogP contribution is -2.28. The van der Waals surface area contributed by atoms with Crippen molar-refractivity contribution >= 4 is 0 Å². The summed E-state index contributed by atoms with van der Waals surface area (Å²) < 4.78 is 2.35. The summed E-state index contributed by atoms with van der Waals surface area (Å²) in [6.07, 6.45) is 11.8. The zero-order chi connectivity index (χ0) is 13.2. The molecule has 4 heteroatoms. The van der Waals surface area contributed by atoms with Crippen molar-refractivity contribution in [1.29, 1.82) is 0 Å². The molecule has 1 atom stereocenters. The van der Waals surface area contributed by atoms with Crippen LogP contribution in [0.5, 0.6) is 0 Å². The number of nitrogens with two attached hydrogens (primary N) is 1. The number of aryl methyl sites for hydroxylation is 1. The van der Waals surface area contributed by atoms with Crippen LogP contribution in [0, 0.1) is 12.8 Å². The van der Waals surface area contributed by atoms with Gasteiger partial charge in [-0.2, -0.15) is 0 Å². The standard InChI is InChI=1S/C15H26N4/c1-11-17-18-15(19(11)13-9-5-6-10-13)14(16)12-7-3-2-4-8-12/h12-14H,2-10,16H2,1H3. The van der Waals surface area contributed by atoms with E-state index in [-0.39, 0.29) is 6.04 Å². The first-order valence-corrected chi connectivity index (χ1v) is 7.94. The Morgan fingerprint density at radius 3 is 2.32 bits per heavy atom. The van der Waals surface area contributed by atoms with Crippen LogP contribution in [-0.4, -0.2) is 14.8 Å². The van der Waals surface area contributed by atoms with E-state index in [0.717, 1.165) is 11.6 Å². The van der Waals surface area contributed by atoms with Crippen LogP contribution in [-0.2, 0) is 0 Å². The van der Waals surface area contributed by atoms with Crippen molar-refractivity contribution in [3.8, 4) is 0 Å². The first-order valence-electron chi connectivity index (χ1n) is 7.94. The molecular formula is C15H26N4. The molecule has 0 amide bonds. The van der Waals surface area contributed by atoms with E-state index in [1.807, 2.05) is 0 Å². The van der Waals surface area contributed by atoms with Crippen LogP contribution in [0.1, 0.15) is 81.5 Å². The maximum atomic E-state index is 6.53. The highest BCUT2D eigenvalue weighted by Crippen LogP contribution is 2.36. The number of hydrogen-bond donors (Lipinski definition) is 1. The van der Waals surface area contributed by atoms with Crippen molar-refractivity contribution in [3.63, 3.8) is 0 Å². The Labute approximate surface area is 115 Å². The van der Waals surface area contributed by atoms with E-state index in [9.17, 15) is 0 Å². The summed E-state index contributed by atoms with van der Waals surface area (Å²) in [6.45, 7) is 2.07. The quantitative estimate of drug-likeness (QED) is 0.909. The molecule has 1 unspecified atom stereocenters. The molecule has 0 aromatic carbocycles. The van der Waals surface area contributed by atoms with Gasteiger partial charge in [-0.15, -0.1) is 10.2 Å². The largest absolute Gasteiger partial charge is 0.321 e. The molecule has 19 heavy (non-hydrogen) atoms. The van der Waals surface area contributed by atoms with Gasteiger partial charge in [0.1, 0.15) is 5.82 Å². The molecule has 0 saturated heterocycles. The average molecular weight is 262 g/mol. The van der Waals surface area contributed by atoms with Gasteiger partial charge >= 0.3 is 0 Å². The van der Waals surface area contributed by atoms with Gasteiger partial charge in [0.25, 0.3) is 0 Å². The topological polar surface area (TPSA) is 56.7 Å². The van der Waals surface area contributed by atoms with E-state index in [0.29, 0.717) is 12.0 Å². The normalized spacial score (nSPS) is 23.9. The van der Waals surface area contributed by atoms with Gasteiger partial charge in [-0.3, -0.25) is 0 Å². The van der Waals surface area contributed by atoms with Crippen molar-refractivity contribution in [2.24, 2.45) is 11.7 Å². The monoisotopic (exact) mass is 262 g/mol. The average Bonchev–Trinajstić information content (AvgIpc) is 3.08. The van der Waals surface area contributed by atoms with Crippen LogP contribution in [0.4, 0.5) is 0 Å². The number of rotatable bonds is 3. The molecule has 0 aliphatic heterocycles. The molecule has 1 heterocycles. The summed E-state index contributed by atoms with van der Waals surface area (Å²) in [7, 11) is 0. The van der Waals surface area contributed by atoms with E-state index < -0.39 is 0 Å².